The van der Waals surface area contributed by atoms with Crippen molar-refractivity contribution in [2.24, 2.45) is 5.92 Å². The minimum atomic E-state index is -3.70. The van der Waals surface area contributed by atoms with Crippen LogP contribution in [0.1, 0.15) is 44.2 Å². The minimum absolute atomic E-state index is 0.00227. The minimum Gasteiger partial charge on any atom is -0.493 e. The van der Waals surface area contributed by atoms with Gasteiger partial charge < -0.3 is 14.8 Å². The van der Waals surface area contributed by atoms with E-state index in [0.29, 0.717) is 37.2 Å². The number of methoxy groups -OCH3 is 2. The van der Waals surface area contributed by atoms with Gasteiger partial charge in [0.05, 0.1) is 25.2 Å². The molecule has 2 aromatic rings. The Hall–Kier alpha value is -2.65. The van der Waals surface area contributed by atoms with E-state index in [1.165, 1.54) is 26.4 Å². The molecule has 1 aliphatic carbocycles. The SMILES string of the molecule is COc1ccc(S(=O)(=O)N[C@H]2CC[C@H](C(=O)N[C@H](C)c3cccnc3)CC2)cc1OC. The molecule has 1 aromatic carbocycles. The van der Waals surface area contributed by atoms with E-state index in [4.69, 9.17) is 9.47 Å². The number of sulfonamides is 1. The van der Waals surface area contributed by atoms with Crippen LogP contribution >= 0.6 is 0 Å². The number of carbonyl (C=O) groups is 1. The molecular formula is C22H29N3O5S. The van der Waals surface area contributed by atoms with Gasteiger partial charge in [-0.05, 0) is 56.4 Å². The highest BCUT2D eigenvalue weighted by Gasteiger charge is 2.30. The first-order chi connectivity index (χ1) is 14.8. The zero-order valence-corrected chi connectivity index (χ0v) is 18.8. The molecule has 0 aliphatic heterocycles. The fourth-order valence-corrected chi connectivity index (χ4v) is 5.11. The molecule has 1 heterocycles. The van der Waals surface area contributed by atoms with Crippen LogP contribution in [0.3, 0.4) is 0 Å². The first-order valence-corrected chi connectivity index (χ1v) is 11.8. The first-order valence-electron chi connectivity index (χ1n) is 10.3. The van der Waals surface area contributed by atoms with Gasteiger partial charge in [0, 0.05) is 30.4 Å². The molecule has 0 spiro atoms. The molecule has 1 aliphatic rings. The Morgan fingerprint density at radius 3 is 2.42 bits per heavy atom. The van der Waals surface area contributed by atoms with Crippen LogP contribution < -0.4 is 19.5 Å². The third-order valence-electron chi connectivity index (χ3n) is 5.63. The van der Waals surface area contributed by atoms with Crippen LogP contribution in [0, 0.1) is 5.92 Å². The molecule has 3 rings (SSSR count). The van der Waals surface area contributed by atoms with Crippen LogP contribution in [0.4, 0.5) is 0 Å². The van der Waals surface area contributed by atoms with Crippen LogP contribution in [-0.2, 0) is 14.8 Å². The number of rotatable bonds is 8. The molecular weight excluding hydrogens is 418 g/mol. The lowest BCUT2D eigenvalue weighted by atomic mass is 9.85. The molecule has 1 aromatic heterocycles. The van der Waals surface area contributed by atoms with Crippen LogP contribution in [-0.4, -0.2) is 39.6 Å². The third kappa shape index (κ3) is 5.74. The number of hydrogen-bond acceptors (Lipinski definition) is 6. The smallest absolute Gasteiger partial charge is 0.240 e. The van der Waals surface area contributed by atoms with Crippen molar-refractivity contribution in [1.29, 1.82) is 0 Å². The zero-order valence-electron chi connectivity index (χ0n) is 18.0. The van der Waals surface area contributed by atoms with Crippen molar-refractivity contribution in [3.8, 4) is 11.5 Å². The summed E-state index contributed by atoms with van der Waals surface area (Å²) in [6.45, 7) is 1.93. The summed E-state index contributed by atoms with van der Waals surface area (Å²) < 4.78 is 38.7. The maximum absolute atomic E-state index is 12.8. The van der Waals surface area contributed by atoms with Gasteiger partial charge >= 0.3 is 0 Å². The summed E-state index contributed by atoms with van der Waals surface area (Å²) >= 11 is 0. The Labute approximate surface area is 183 Å². The predicted molar refractivity (Wildman–Crippen MR) is 116 cm³/mol. The van der Waals surface area contributed by atoms with Crippen molar-refractivity contribution < 1.29 is 22.7 Å². The molecule has 1 amide bonds. The van der Waals surface area contributed by atoms with Crippen molar-refractivity contribution >= 4 is 15.9 Å². The molecule has 168 valence electrons. The van der Waals surface area contributed by atoms with E-state index in [1.807, 2.05) is 19.1 Å². The lowest BCUT2D eigenvalue weighted by Gasteiger charge is -2.29. The van der Waals surface area contributed by atoms with Crippen molar-refractivity contribution in [2.45, 2.75) is 49.6 Å². The second kappa shape index (κ2) is 10.1. The second-order valence-corrected chi connectivity index (χ2v) is 9.42. The van der Waals surface area contributed by atoms with Gasteiger partial charge in [0.2, 0.25) is 15.9 Å². The largest absolute Gasteiger partial charge is 0.493 e. The van der Waals surface area contributed by atoms with Crippen LogP contribution in [0.25, 0.3) is 0 Å². The van der Waals surface area contributed by atoms with Crippen molar-refractivity contribution in [3.05, 3.63) is 48.3 Å². The number of amides is 1. The molecule has 1 saturated carbocycles. The summed E-state index contributed by atoms with van der Waals surface area (Å²) in [5, 5.41) is 3.03. The molecule has 0 radical (unpaired) electrons. The lowest BCUT2D eigenvalue weighted by molar-refractivity contribution is -0.126. The van der Waals surface area contributed by atoms with Gasteiger partial charge in [0.25, 0.3) is 0 Å². The summed E-state index contributed by atoms with van der Waals surface area (Å²) in [7, 11) is -0.745. The van der Waals surface area contributed by atoms with E-state index in [0.717, 1.165) is 5.56 Å². The van der Waals surface area contributed by atoms with Crippen LogP contribution in [0.15, 0.2) is 47.6 Å². The van der Waals surface area contributed by atoms with Gasteiger partial charge in [-0.1, -0.05) is 6.07 Å². The summed E-state index contributed by atoms with van der Waals surface area (Å²) in [5.41, 5.74) is 0.951. The van der Waals surface area contributed by atoms with Gasteiger partial charge in [0.15, 0.2) is 11.5 Å². The van der Waals surface area contributed by atoms with E-state index in [-0.39, 0.29) is 28.8 Å². The van der Waals surface area contributed by atoms with E-state index in [1.54, 1.807) is 18.5 Å². The Balaban J connectivity index is 1.55. The van der Waals surface area contributed by atoms with Gasteiger partial charge in [-0.3, -0.25) is 9.78 Å². The molecule has 31 heavy (non-hydrogen) atoms. The maximum atomic E-state index is 12.8. The summed E-state index contributed by atoms with van der Waals surface area (Å²) in [6.07, 6.45) is 5.90. The third-order valence-corrected chi connectivity index (χ3v) is 7.15. The zero-order chi connectivity index (χ0) is 22.4. The Bertz CT molecular complexity index is 989. The summed E-state index contributed by atoms with van der Waals surface area (Å²) in [5.74, 6) is 0.695. The van der Waals surface area contributed by atoms with E-state index in [9.17, 15) is 13.2 Å². The maximum Gasteiger partial charge on any atom is 0.240 e. The monoisotopic (exact) mass is 447 g/mol. The topological polar surface area (TPSA) is 107 Å². The second-order valence-electron chi connectivity index (χ2n) is 7.70. The Kier molecular flexibility index (Phi) is 7.50. The normalized spacial score (nSPS) is 20.0. The number of benzene rings is 1. The number of ether oxygens (including phenoxy) is 2. The van der Waals surface area contributed by atoms with Gasteiger partial charge in [0.1, 0.15) is 0 Å². The van der Waals surface area contributed by atoms with E-state index in [2.05, 4.69) is 15.0 Å². The van der Waals surface area contributed by atoms with Crippen molar-refractivity contribution in [3.63, 3.8) is 0 Å². The van der Waals surface area contributed by atoms with Crippen LogP contribution in [0.5, 0.6) is 11.5 Å². The highest BCUT2D eigenvalue weighted by molar-refractivity contribution is 7.89. The number of nitrogens with one attached hydrogen (secondary N) is 2. The van der Waals surface area contributed by atoms with E-state index < -0.39 is 10.0 Å². The fourth-order valence-electron chi connectivity index (χ4n) is 3.79. The molecule has 8 nitrogen and oxygen atoms in total. The van der Waals surface area contributed by atoms with Crippen molar-refractivity contribution in [2.75, 3.05) is 14.2 Å². The predicted octanol–water partition coefficient (Wildman–Crippen LogP) is 2.81. The van der Waals surface area contributed by atoms with E-state index >= 15 is 0 Å². The highest BCUT2D eigenvalue weighted by Crippen LogP contribution is 2.31. The first kappa shape index (κ1) is 23.0. The average molecular weight is 448 g/mol. The van der Waals surface area contributed by atoms with Gasteiger partial charge in [-0.15, -0.1) is 0 Å². The Morgan fingerprint density at radius 2 is 1.81 bits per heavy atom. The summed E-state index contributed by atoms with van der Waals surface area (Å²) in [4.78, 5) is 16.8. The standard InChI is InChI=1S/C22H29N3O5S/c1-15(17-5-4-12-23-14-17)24-22(26)16-6-8-18(9-7-16)25-31(27,28)19-10-11-20(29-2)21(13-19)30-3/h4-5,10-16,18,25H,6-9H2,1-3H3,(H,24,26)/t15-,16-,18-/m1/s1. The Morgan fingerprint density at radius 1 is 1.10 bits per heavy atom. The lowest BCUT2D eigenvalue weighted by Crippen LogP contribution is -2.41. The molecule has 2 N–H and O–H groups in total. The molecule has 1 atom stereocenters. The number of aromatic nitrogens is 1. The molecule has 1 fully saturated rings. The number of nitrogens with zero attached hydrogens (tertiary/aromatic N) is 1. The highest BCUT2D eigenvalue weighted by atomic mass is 32.2. The average Bonchev–Trinajstić information content (AvgIpc) is 2.79. The molecule has 9 heteroatoms. The number of pyridine rings is 1. The summed E-state index contributed by atoms with van der Waals surface area (Å²) in [6, 6.07) is 7.94. The number of hydrogen-bond donors (Lipinski definition) is 2. The quantitative estimate of drug-likeness (QED) is 0.645. The fraction of sp³-hybridized carbons (Fsp3) is 0.455. The molecule has 0 unspecified atom stereocenters. The molecule has 0 saturated heterocycles. The van der Waals surface area contributed by atoms with Crippen molar-refractivity contribution in [1.82, 2.24) is 15.0 Å². The molecule has 0 bridgehead atoms. The van der Waals surface area contributed by atoms with Crippen LogP contribution in [0.2, 0.25) is 0 Å². The van der Waals surface area contributed by atoms with Gasteiger partial charge in [-0.25, -0.2) is 13.1 Å². The van der Waals surface area contributed by atoms with Gasteiger partial charge in [-0.2, -0.15) is 0 Å². The number of carbonyl (C=O) groups excluding carboxylic acids is 1.